The maximum atomic E-state index is 12.8. The highest BCUT2D eigenvalue weighted by Gasteiger charge is 2.36. The number of carboxylic acid groups (broad SMARTS) is 1. The third kappa shape index (κ3) is 5.50. The minimum absolute atomic E-state index is 0.0418. The van der Waals surface area contributed by atoms with Crippen molar-refractivity contribution < 1.29 is 24.2 Å². The number of hydrogen-bond acceptors (Lipinski definition) is 4. The van der Waals surface area contributed by atoms with Gasteiger partial charge in [0.25, 0.3) is 0 Å². The second-order valence-corrected chi connectivity index (χ2v) is 10.6. The van der Waals surface area contributed by atoms with Crippen LogP contribution in [0.4, 0.5) is 4.79 Å². The summed E-state index contributed by atoms with van der Waals surface area (Å²) >= 11 is 0. The number of aliphatic carboxylic acids is 1. The average Bonchev–Trinajstić information content (AvgIpc) is 3.39. The van der Waals surface area contributed by atoms with Gasteiger partial charge in [-0.05, 0) is 40.5 Å². The Balaban J connectivity index is 1.37. The Morgan fingerprint density at radius 1 is 1.00 bits per heavy atom. The van der Waals surface area contributed by atoms with E-state index < -0.39 is 29.4 Å². The normalized spacial score (nSPS) is 20.0. The van der Waals surface area contributed by atoms with E-state index in [1.807, 2.05) is 45.0 Å². The van der Waals surface area contributed by atoms with Crippen molar-refractivity contribution in [1.82, 2.24) is 10.6 Å². The lowest BCUT2D eigenvalue weighted by Gasteiger charge is -2.31. The van der Waals surface area contributed by atoms with Crippen molar-refractivity contribution in [2.45, 2.75) is 64.5 Å². The van der Waals surface area contributed by atoms with Crippen LogP contribution in [0.15, 0.2) is 48.5 Å². The zero-order chi connectivity index (χ0) is 25.2. The molecule has 4 rings (SSSR count). The Bertz CT molecular complexity index is 1060. The van der Waals surface area contributed by atoms with Crippen molar-refractivity contribution in [3.8, 4) is 11.1 Å². The first-order valence-electron chi connectivity index (χ1n) is 12.3. The second kappa shape index (κ2) is 10.1. The van der Waals surface area contributed by atoms with E-state index in [2.05, 4.69) is 34.9 Å². The van der Waals surface area contributed by atoms with Gasteiger partial charge in [-0.15, -0.1) is 0 Å². The fraction of sp³-hybridized carbons (Fsp3) is 0.464. The van der Waals surface area contributed by atoms with Gasteiger partial charge in [-0.2, -0.15) is 0 Å². The highest BCUT2D eigenvalue weighted by molar-refractivity contribution is 5.80. The molecule has 0 heterocycles. The average molecular weight is 479 g/mol. The summed E-state index contributed by atoms with van der Waals surface area (Å²) in [5.41, 5.74) is 4.20. The quantitative estimate of drug-likeness (QED) is 0.535. The molecule has 2 aromatic carbocycles. The van der Waals surface area contributed by atoms with Crippen LogP contribution in [0.3, 0.4) is 0 Å². The molecule has 7 nitrogen and oxygen atoms in total. The summed E-state index contributed by atoms with van der Waals surface area (Å²) in [6.45, 7) is 6.05. The molecule has 0 saturated heterocycles. The number of hydrogen-bond donors (Lipinski definition) is 3. The largest absolute Gasteiger partial charge is 0.481 e. The molecule has 35 heavy (non-hydrogen) atoms. The molecule has 2 aromatic rings. The molecule has 1 fully saturated rings. The molecule has 3 N–H and O–H groups in total. The number of amides is 2. The predicted octanol–water partition coefficient (Wildman–Crippen LogP) is 4.70. The maximum Gasteiger partial charge on any atom is 0.407 e. The Hall–Kier alpha value is -3.35. The third-order valence-corrected chi connectivity index (χ3v) is 7.25. The predicted molar refractivity (Wildman–Crippen MR) is 133 cm³/mol. The van der Waals surface area contributed by atoms with E-state index >= 15 is 0 Å². The first kappa shape index (κ1) is 24.8. The second-order valence-electron chi connectivity index (χ2n) is 10.6. The summed E-state index contributed by atoms with van der Waals surface area (Å²) in [6.07, 6.45) is 1.49. The lowest BCUT2D eigenvalue weighted by atomic mass is 9.84. The third-order valence-electron chi connectivity index (χ3n) is 7.25. The Morgan fingerprint density at radius 3 is 2.17 bits per heavy atom. The smallest absolute Gasteiger partial charge is 0.407 e. The zero-order valence-electron chi connectivity index (χ0n) is 20.5. The monoisotopic (exact) mass is 478 g/mol. The molecule has 1 saturated carbocycles. The molecule has 2 aliphatic carbocycles. The standard InChI is InChI=1S/C28H34N2O5/c1-28(2,3)24(15-25(31)29-23-14-8-13-21(23)26(32)33)30-27(34)35-16-22-19-11-6-4-9-17(19)18-10-5-7-12-20(18)22/h4-7,9-12,21-24H,8,13-16H2,1-3H3,(H,29,31)(H,30,34)(H,32,33)/t21-,23+,24?/m0/s1. The highest BCUT2D eigenvalue weighted by Crippen LogP contribution is 2.44. The van der Waals surface area contributed by atoms with Crippen molar-refractivity contribution in [3.05, 3.63) is 59.7 Å². The first-order valence-corrected chi connectivity index (χ1v) is 12.3. The van der Waals surface area contributed by atoms with E-state index in [1.165, 1.54) is 0 Å². The van der Waals surface area contributed by atoms with E-state index in [1.54, 1.807) is 0 Å². The van der Waals surface area contributed by atoms with Crippen LogP contribution < -0.4 is 10.6 Å². The molecule has 1 unspecified atom stereocenters. The van der Waals surface area contributed by atoms with Gasteiger partial charge in [0, 0.05) is 24.4 Å². The molecule has 3 atom stereocenters. The van der Waals surface area contributed by atoms with Crippen molar-refractivity contribution >= 4 is 18.0 Å². The molecule has 0 spiro atoms. The SMILES string of the molecule is CC(C)(C)C(CC(=O)N[C@@H]1CCC[C@@H]1C(=O)O)NC(=O)OCC1c2ccccc2-c2ccccc21. The van der Waals surface area contributed by atoms with Gasteiger partial charge < -0.3 is 20.5 Å². The van der Waals surface area contributed by atoms with E-state index in [0.717, 1.165) is 28.7 Å². The van der Waals surface area contributed by atoms with Crippen molar-refractivity contribution in [3.63, 3.8) is 0 Å². The van der Waals surface area contributed by atoms with Crippen LogP contribution in [0.2, 0.25) is 0 Å². The lowest BCUT2D eigenvalue weighted by Crippen LogP contribution is -2.49. The Labute approximate surface area is 206 Å². The number of fused-ring (bicyclic) bond motifs is 3. The highest BCUT2D eigenvalue weighted by atomic mass is 16.5. The molecule has 0 aliphatic heterocycles. The number of ether oxygens (including phenoxy) is 1. The first-order chi connectivity index (χ1) is 16.6. The topological polar surface area (TPSA) is 105 Å². The van der Waals surface area contributed by atoms with Crippen LogP contribution in [0.25, 0.3) is 11.1 Å². The van der Waals surface area contributed by atoms with Gasteiger partial charge in [0.1, 0.15) is 6.61 Å². The molecule has 186 valence electrons. The van der Waals surface area contributed by atoms with Gasteiger partial charge >= 0.3 is 12.1 Å². The van der Waals surface area contributed by atoms with E-state index in [4.69, 9.17) is 4.74 Å². The van der Waals surface area contributed by atoms with Crippen molar-refractivity contribution in [1.29, 1.82) is 0 Å². The number of alkyl carbamates (subject to hydrolysis) is 1. The number of carbonyl (C=O) groups excluding carboxylic acids is 2. The van der Waals surface area contributed by atoms with Gasteiger partial charge in [-0.1, -0.05) is 75.7 Å². The lowest BCUT2D eigenvalue weighted by molar-refractivity contribution is -0.142. The zero-order valence-corrected chi connectivity index (χ0v) is 20.5. The number of carboxylic acids is 1. The number of benzene rings is 2. The van der Waals surface area contributed by atoms with Gasteiger partial charge in [0.2, 0.25) is 5.91 Å². The molecule has 2 amide bonds. The summed E-state index contributed by atoms with van der Waals surface area (Å²) in [7, 11) is 0. The van der Waals surface area contributed by atoms with E-state index in [-0.39, 0.29) is 30.9 Å². The van der Waals surface area contributed by atoms with Gasteiger partial charge in [0.05, 0.1) is 5.92 Å². The number of carbonyl (C=O) groups is 3. The van der Waals surface area contributed by atoms with Crippen molar-refractivity contribution in [2.75, 3.05) is 6.61 Å². The van der Waals surface area contributed by atoms with E-state index in [0.29, 0.717) is 12.8 Å². The Kier molecular flexibility index (Phi) is 7.15. The molecular weight excluding hydrogens is 444 g/mol. The summed E-state index contributed by atoms with van der Waals surface area (Å²) in [4.78, 5) is 37.0. The van der Waals surface area contributed by atoms with Crippen LogP contribution in [-0.4, -0.2) is 41.8 Å². The molecule has 0 bridgehead atoms. The molecule has 7 heteroatoms. The summed E-state index contributed by atoms with van der Waals surface area (Å²) in [5.74, 6) is -1.74. The summed E-state index contributed by atoms with van der Waals surface area (Å²) < 4.78 is 5.67. The summed E-state index contributed by atoms with van der Waals surface area (Å²) in [5, 5.41) is 15.1. The maximum absolute atomic E-state index is 12.8. The van der Waals surface area contributed by atoms with E-state index in [9.17, 15) is 19.5 Å². The summed E-state index contributed by atoms with van der Waals surface area (Å²) in [6, 6.07) is 15.5. The molecule has 0 aromatic heterocycles. The minimum Gasteiger partial charge on any atom is -0.481 e. The molecular formula is C28H34N2O5. The molecule has 2 aliphatic rings. The fourth-order valence-corrected chi connectivity index (χ4v) is 5.24. The van der Waals surface area contributed by atoms with Gasteiger partial charge in [0.15, 0.2) is 0 Å². The number of rotatable bonds is 7. The molecule has 0 radical (unpaired) electrons. The van der Waals surface area contributed by atoms with Gasteiger partial charge in [-0.25, -0.2) is 4.79 Å². The minimum atomic E-state index is -0.878. The fourth-order valence-electron chi connectivity index (χ4n) is 5.24. The number of nitrogens with one attached hydrogen (secondary N) is 2. The van der Waals surface area contributed by atoms with Gasteiger partial charge in [-0.3, -0.25) is 9.59 Å². The van der Waals surface area contributed by atoms with Crippen LogP contribution in [0.5, 0.6) is 0 Å². The van der Waals surface area contributed by atoms with Crippen molar-refractivity contribution in [2.24, 2.45) is 11.3 Å². The van der Waals surface area contributed by atoms with Crippen LogP contribution in [-0.2, 0) is 14.3 Å². The van der Waals surface area contributed by atoms with Crippen LogP contribution in [0.1, 0.15) is 63.5 Å². The Morgan fingerprint density at radius 2 is 1.60 bits per heavy atom. The van der Waals surface area contributed by atoms with Crippen LogP contribution >= 0.6 is 0 Å². The van der Waals surface area contributed by atoms with Crippen LogP contribution in [0, 0.1) is 11.3 Å².